The number of aryl methyl sites for hydroxylation is 1. The minimum atomic E-state index is -0.347. The number of amides is 1. The number of unbranched alkanes of at least 4 members (excludes halogenated alkanes) is 1. The van der Waals surface area contributed by atoms with Crippen LogP contribution in [-0.4, -0.2) is 44.9 Å². The zero-order chi connectivity index (χ0) is 15.4. The molecule has 1 fully saturated rings. The Balaban J connectivity index is 2.14. The van der Waals surface area contributed by atoms with Crippen molar-refractivity contribution in [1.29, 1.82) is 0 Å². The Hall–Kier alpha value is -1.69. The maximum Gasteiger partial charge on any atom is 0.274 e. The van der Waals surface area contributed by atoms with Gasteiger partial charge in [0.1, 0.15) is 5.69 Å². The van der Waals surface area contributed by atoms with Gasteiger partial charge < -0.3 is 10.0 Å². The van der Waals surface area contributed by atoms with Gasteiger partial charge in [-0.05, 0) is 24.8 Å². The van der Waals surface area contributed by atoms with E-state index >= 15 is 0 Å². The highest BCUT2D eigenvalue weighted by Gasteiger charge is 2.28. The SMILES string of the molecule is CCCCn1nc(C(=O)N2CCC(O)C(C)C2)ccc1=O. The molecule has 0 spiro atoms. The van der Waals surface area contributed by atoms with Gasteiger partial charge in [0.25, 0.3) is 11.5 Å². The van der Waals surface area contributed by atoms with Gasteiger partial charge in [0.2, 0.25) is 0 Å². The van der Waals surface area contributed by atoms with E-state index < -0.39 is 0 Å². The Morgan fingerprint density at radius 1 is 1.48 bits per heavy atom. The minimum Gasteiger partial charge on any atom is -0.393 e. The normalized spacial score (nSPS) is 22.3. The van der Waals surface area contributed by atoms with Gasteiger partial charge in [-0.2, -0.15) is 5.10 Å². The molecule has 2 atom stereocenters. The largest absolute Gasteiger partial charge is 0.393 e. The predicted octanol–water partition coefficient (Wildman–Crippen LogP) is 0.886. The van der Waals surface area contributed by atoms with Crippen molar-refractivity contribution in [1.82, 2.24) is 14.7 Å². The number of carbonyl (C=O) groups is 1. The van der Waals surface area contributed by atoms with Crippen molar-refractivity contribution in [2.75, 3.05) is 13.1 Å². The van der Waals surface area contributed by atoms with Gasteiger partial charge in [-0.15, -0.1) is 0 Å². The topological polar surface area (TPSA) is 75.4 Å². The summed E-state index contributed by atoms with van der Waals surface area (Å²) in [5.41, 5.74) is 0.122. The first-order valence-corrected chi connectivity index (χ1v) is 7.58. The maximum absolute atomic E-state index is 12.5. The van der Waals surface area contributed by atoms with E-state index in [1.54, 1.807) is 4.90 Å². The molecule has 116 valence electrons. The maximum atomic E-state index is 12.5. The second-order valence-corrected chi connectivity index (χ2v) is 5.72. The Morgan fingerprint density at radius 3 is 2.90 bits per heavy atom. The van der Waals surface area contributed by atoms with Crippen molar-refractivity contribution in [3.05, 3.63) is 28.2 Å². The van der Waals surface area contributed by atoms with Crippen LogP contribution in [0.3, 0.4) is 0 Å². The van der Waals surface area contributed by atoms with Crippen molar-refractivity contribution in [2.24, 2.45) is 5.92 Å². The number of hydrogen-bond donors (Lipinski definition) is 1. The predicted molar refractivity (Wildman–Crippen MR) is 79.1 cm³/mol. The summed E-state index contributed by atoms with van der Waals surface area (Å²) in [6.45, 7) is 5.56. The van der Waals surface area contributed by atoms with Crippen LogP contribution in [0.1, 0.15) is 43.6 Å². The number of nitrogens with zero attached hydrogens (tertiary/aromatic N) is 3. The fourth-order valence-corrected chi connectivity index (χ4v) is 2.51. The molecule has 0 bridgehead atoms. The van der Waals surface area contributed by atoms with E-state index in [9.17, 15) is 14.7 Å². The summed E-state index contributed by atoms with van der Waals surface area (Å²) in [5, 5.41) is 13.9. The Morgan fingerprint density at radius 2 is 2.24 bits per heavy atom. The Kier molecular flexibility index (Phi) is 5.12. The van der Waals surface area contributed by atoms with Crippen LogP contribution in [0.2, 0.25) is 0 Å². The third kappa shape index (κ3) is 3.69. The molecule has 1 aliphatic heterocycles. The summed E-state index contributed by atoms with van der Waals surface area (Å²) in [7, 11) is 0. The van der Waals surface area contributed by atoms with E-state index in [2.05, 4.69) is 5.10 Å². The van der Waals surface area contributed by atoms with E-state index in [-0.39, 0.29) is 23.5 Å². The Labute approximate surface area is 124 Å². The van der Waals surface area contributed by atoms with Gasteiger partial charge >= 0.3 is 0 Å². The quantitative estimate of drug-likeness (QED) is 0.894. The fourth-order valence-electron chi connectivity index (χ4n) is 2.51. The third-order valence-electron chi connectivity index (χ3n) is 3.96. The number of aliphatic hydroxyl groups excluding tert-OH is 1. The molecule has 1 aromatic heterocycles. The number of carbonyl (C=O) groups excluding carboxylic acids is 1. The average Bonchev–Trinajstić information content (AvgIpc) is 2.48. The van der Waals surface area contributed by atoms with Crippen LogP contribution >= 0.6 is 0 Å². The molecular formula is C15H23N3O3. The number of aromatic nitrogens is 2. The van der Waals surface area contributed by atoms with Crippen LogP contribution < -0.4 is 5.56 Å². The molecule has 1 amide bonds. The number of hydrogen-bond acceptors (Lipinski definition) is 4. The van der Waals surface area contributed by atoms with E-state index in [1.807, 2.05) is 13.8 Å². The van der Waals surface area contributed by atoms with Crippen LogP contribution in [0.5, 0.6) is 0 Å². The van der Waals surface area contributed by atoms with Gasteiger partial charge in [-0.1, -0.05) is 20.3 Å². The van der Waals surface area contributed by atoms with Crippen LogP contribution in [0.25, 0.3) is 0 Å². The lowest BCUT2D eigenvalue weighted by Gasteiger charge is -2.34. The Bertz CT molecular complexity index is 555. The molecule has 0 aromatic carbocycles. The number of piperidine rings is 1. The molecule has 1 saturated heterocycles. The van der Waals surface area contributed by atoms with Crippen molar-refractivity contribution < 1.29 is 9.90 Å². The van der Waals surface area contributed by atoms with Crippen molar-refractivity contribution >= 4 is 5.91 Å². The molecule has 1 aromatic rings. The summed E-state index contributed by atoms with van der Waals surface area (Å²) in [5.74, 6) is -0.104. The standard InChI is InChI=1S/C15H23N3O3/c1-3-4-8-18-14(20)6-5-12(16-18)15(21)17-9-7-13(19)11(2)10-17/h5-6,11,13,19H,3-4,7-10H2,1-2H3. The molecule has 1 N–H and O–H groups in total. The molecule has 1 aliphatic rings. The van der Waals surface area contributed by atoms with Crippen LogP contribution in [0.15, 0.2) is 16.9 Å². The summed E-state index contributed by atoms with van der Waals surface area (Å²) in [6.07, 6.45) is 2.06. The average molecular weight is 293 g/mol. The second kappa shape index (κ2) is 6.85. The van der Waals surface area contributed by atoms with Gasteiger partial charge in [0.05, 0.1) is 6.10 Å². The van der Waals surface area contributed by atoms with E-state index in [4.69, 9.17) is 0 Å². The van der Waals surface area contributed by atoms with Crippen molar-refractivity contribution in [2.45, 2.75) is 45.8 Å². The minimum absolute atomic E-state index is 0.0636. The second-order valence-electron chi connectivity index (χ2n) is 5.72. The molecular weight excluding hydrogens is 270 g/mol. The van der Waals surface area contributed by atoms with Crippen molar-refractivity contribution in [3.63, 3.8) is 0 Å². The lowest BCUT2D eigenvalue weighted by Crippen LogP contribution is -2.45. The highest BCUT2D eigenvalue weighted by molar-refractivity contribution is 5.92. The molecule has 6 heteroatoms. The zero-order valence-corrected chi connectivity index (χ0v) is 12.7. The smallest absolute Gasteiger partial charge is 0.274 e. The van der Waals surface area contributed by atoms with E-state index in [0.29, 0.717) is 31.7 Å². The summed E-state index contributed by atoms with van der Waals surface area (Å²) >= 11 is 0. The first-order chi connectivity index (χ1) is 10.0. The summed E-state index contributed by atoms with van der Waals surface area (Å²) < 4.78 is 1.36. The highest BCUT2D eigenvalue weighted by atomic mass is 16.3. The lowest BCUT2D eigenvalue weighted by atomic mass is 9.96. The molecule has 21 heavy (non-hydrogen) atoms. The zero-order valence-electron chi connectivity index (χ0n) is 12.7. The number of likely N-dealkylation sites (tertiary alicyclic amines) is 1. The first-order valence-electron chi connectivity index (χ1n) is 7.58. The van der Waals surface area contributed by atoms with Crippen LogP contribution in [0.4, 0.5) is 0 Å². The lowest BCUT2D eigenvalue weighted by molar-refractivity contribution is 0.0292. The van der Waals surface area contributed by atoms with Crippen molar-refractivity contribution in [3.8, 4) is 0 Å². The third-order valence-corrected chi connectivity index (χ3v) is 3.96. The molecule has 0 saturated carbocycles. The molecule has 0 aliphatic carbocycles. The van der Waals surface area contributed by atoms with E-state index in [0.717, 1.165) is 12.8 Å². The highest BCUT2D eigenvalue weighted by Crippen LogP contribution is 2.17. The van der Waals surface area contributed by atoms with Gasteiger partial charge in [-0.25, -0.2) is 4.68 Å². The first kappa shape index (κ1) is 15.7. The fraction of sp³-hybridized carbons (Fsp3) is 0.667. The number of aliphatic hydroxyl groups is 1. The summed E-state index contributed by atoms with van der Waals surface area (Å²) in [6, 6.07) is 2.89. The monoisotopic (exact) mass is 293 g/mol. The molecule has 2 heterocycles. The number of rotatable bonds is 4. The molecule has 2 rings (SSSR count). The van der Waals surface area contributed by atoms with Crippen LogP contribution in [0, 0.1) is 5.92 Å². The van der Waals surface area contributed by atoms with Gasteiger partial charge in [-0.3, -0.25) is 9.59 Å². The molecule has 2 unspecified atom stereocenters. The van der Waals surface area contributed by atoms with Crippen LogP contribution in [-0.2, 0) is 6.54 Å². The van der Waals surface area contributed by atoms with Gasteiger partial charge in [0.15, 0.2) is 0 Å². The summed E-state index contributed by atoms with van der Waals surface area (Å²) in [4.78, 5) is 25.9. The van der Waals surface area contributed by atoms with E-state index in [1.165, 1.54) is 16.8 Å². The molecule has 0 radical (unpaired) electrons. The van der Waals surface area contributed by atoms with Gasteiger partial charge in [0, 0.05) is 25.7 Å². The molecule has 6 nitrogen and oxygen atoms in total.